The molecule has 0 bridgehead atoms. The van der Waals surface area contributed by atoms with Gasteiger partial charge in [0.05, 0.1) is 9.34 Å². The number of amides is 1. The standard InChI is InChI=1S/C7H8ClNOS2/c8-5-1-2-7(12-5)9-6(10)3-4-11/h1-2,11H,3-4H2,(H,9,10). The molecule has 0 aromatic carbocycles. The van der Waals surface area contributed by atoms with Crippen molar-refractivity contribution in [3.05, 3.63) is 16.5 Å². The van der Waals surface area contributed by atoms with Gasteiger partial charge in [0.1, 0.15) is 0 Å². The van der Waals surface area contributed by atoms with Gasteiger partial charge in [-0.05, 0) is 17.9 Å². The zero-order chi connectivity index (χ0) is 8.97. The summed E-state index contributed by atoms with van der Waals surface area (Å²) in [5.41, 5.74) is 0. The van der Waals surface area contributed by atoms with Crippen molar-refractivity contribution in [2.75, 3.05) is 11.1 Å². The van der Waals surface area contributed by atoms with Gasteiger partial charge in [-0.25, -0.2) is 0 Å². The molecule has 0 aliphatic heterocycles. The van der Waals surface area contributed by atoms with E-state index in [1.54, 1.807) is 12.1 Å². The molecule has 1 aromatic rings. The minimum Gasteiger partial charge on any atom is -0.318 e. The van der Waals surface area contributed by atoms with Crippen LogP contribution in [-0.2, 0) is 4.79 Å². The van der Waals surface area contributed by atoms with Crippen LogP contribution in [0, 0.1) is 0 Å². The average molecular weight is 222 g/mol. The van der Waals surface area contributed by atoms with E-state index in [1.165, 1.54) is 11.3 Å². The highest BCUT2D eigenvalue weighted by Crippen LogP contribution is 2.25. The molecule has 12 heavy (non-hydrogen) atoms. The number of hydrogen-bond donors (Lipinski definition) is 2. The first-order valence-corrected chi connectivity index (χ1v) is 5.21. The van der Waals surface area contributed by atoms with Gasteiger partial charge in [-0.3, -0.25) is 4.79 Å². The van der Waals surface area contributed by atoms with Crippen molar-refractivity contribution in [3.63, 3.8) is 0 Å². The van der Waals surface area contributed by atoms with Crippen LogP contribution >= 0.6 is 35.6 Å². The summed E-state index contributed by atoms with van der Waals surface area (Å²) in [7, 11) is 0. The third-order valence-corrected chi connectivity index (χ3v) is 2.54. The zero-order valence-corrected chi connectivity index (χ0v) is 8.68. The minimum atomic E-state index is -0.0245. The lowest BCUT2D eigenvalue weighted by Gasteiger charge is -1.98. The van der Waals surface area contributed by atoms with E-state index in [0.29, 0.717) is 16.5 Å². The number of rotatable bonds is 3. The Bertz CT molecular complexity index is 274. The summed E-state index contributed by atoms with van der Waals surface area (Å²) < 4.78 is 0.677. The average Bonchev–Trinajstić information content (AvgIpc) is 2.36. The summed E-state index contributed by atoms with van der Waals surface area (Å²) in [6, 6.07) is 3.53. The molecule has 5 heteroatoms. The van der Waals surface area contributed by atoms with Crippen LogP contribution in [-0.4, -0.2) is 11.7 Å². The van der Waals surface area contributed by atoms with Crippen LogP contribution in [0.5, 0.6) is 0 Å². The lowest BCUT2D eigenvalue weighted by Crippen LogP contribution is -2.10. The molecule has 0 saturated heterocycles. The Morgan fingerprint density at radius 3 is 2.92 bits per heavy atom. The second-order valence-corrected chi connectivity index (χ2v) is 4.29. The highest BCUT2D eigenvalue weighted by Gasteiger charge is 2.02. The predicted molar refractivity (Wildman–Crippen MR) is 56.4 cm³/mol. The number of thiol groups is 1. The molecular weight excluding hydrogens is 214 g/mol. The number of thiophene rings is 1. The SMILES string of the molecule is O=C(CCS)Nc1ccc(Cl)s1. The van der Waals surface area contributed by atoms with Crippen molar-refractivity contribution >= 4 is 46.5 Å². The number of carbonyl (C=O) groups excluding carboxylic acids is 1. The number of carbonyl (C=O) groups is 1. The second-order valence-electron chi connectivity index (χ2n) is 2.13. The largest absolute Gasteiger partial charge is 0.318 e. The first-order valence-electron chi connectivity index (χ1n) is 3.38. The van der Waals surface area contributed by atoms with E-state index < -0.39 is 0 Å². The third kappa shape index (κ3) is 3.05. The van der Waals surface area contributed by atoms with E-state index in [1.807, 2.05) is 0 Å². The Hall–Kier alpha value is -0.190. The fraction of sp³-hybridized carbons (Fsp3) is 0.286. The molecular formula is C7H8ClNOS2. The summed E-state index contributed by atoms with van der Waals surface area (Å²) >= 11 is 11.0. The molecule has 1 rings (SSSR count). The predicted octanol–water partition coefficient (Wildman–Crippen LogP) is 2.66. The monoisotopic (exact) mass is 221 g/mol. The molecule has 0 unspecified atom stereocenters. The highest BCUT2D eigenvalue weighted by molar-refractivity contribution is 7.80. The second kappa shape index (κ2) is 4.74. The molecule has 0 aliphatic carbocycles. The molecule has 1 amide bonds. The quantitative estimate of drug-likeness (QED) is 0.756. The Labute approximate surface area is 85.3 Å². The minimum absolute atomic E-state index is 0.0245. The van der Waals surface area contributed by atoms with Gasteiger partial charge in [0.15, 0.2) is 0 Å². The number of hydrogen-bond acceptors (Lipinski definition) is 3. The summed E-state index contributed by atoms with van der Waals surface area (Å²) in [6.07, 6.45) is 0.429. The van der Waals surface area contributed by atoms with Crippen LogP contribution in [0.3, 0.4) is 0 Å². The summed E-state index contributed by atoms with van der Waals surface area (Å²) in [5.74, 6) is 0.536. The highest BCUT2D eigenvalue weighted by atomic mass is 35.5. The Morgan fingerprint density at radius 1 is 1.67 bits per heavy atom. The van der Waals surface area contributed by atoms with Crippen LogP contribution in [0.4, 0.5) is 5.00 Å². The molecule has 0 saturated carbocycles. The summed E-state index contributed by atoms with van der Waals surface area (Å²) in [4.78, 5) is 11.0. The van der Waals surface area contributed by atoms with Gasteiger partial charge >= 0.3 is 0 Å². The van der Waals surface area contributed by atoms with Crippen molar-refractivity contribution in [2.45, 2.75) is 6.42 Å². The van der Waals surface area contributed by atoms with Crippen molar-refractivity contribution in [2.24, 2.45) is 0 Å². The number of nitrogens with one attached hydrogen (secondary N) is 1. The van der Waals surface area contributed by atoms with Gasteiger partial charge in [-0.2, -0.15) is 12.6 Å². The Morgan fingerprint density at radius 2 is 2.42 bits per heavy atom. The van der Waals surface area contributed by atoms with E-state index in [-0.39, 0.29) is 5.91 Å². The van der Waals surface area contributed by atoms with Gasteiger partial charge in [0, 0.05) is 6.42 Å². The van der Waals surface area contributed by atoms with Gasteiger partial charge in [-0.15, -0.1) is 11.3 Å². The maximum Gasteiger partial charge on any atom is 0.225 e. The maximum absolute atomic E-state index is 11.0. The molecule has 0 fully saturated rings. The molecule has 0 aliphatic rings. The smallest absolute Gasteiger partial charge is 0.225 e. The van der Waals surface area contributed by atoms with Gasteiger partial charge < -0.3 is 5.32 Å². The number of halogens is 1. The molecule has 1 aromatic heterocycles. The lowest BCUT2D eigenvalue weighted by molar-refractivity contribution is -0.115. The fourth-order valence-corrected chi connectivity index (χ4v) is 1.85. The molecule has 2 nitrogen and oxygen atoms in total. The fourth-order valence-electron chi connectivity index (χ4n) is 0.683. The lowest BCUT2D eigenvalue weighted by atomic mass is 10.4. The molecule has 1 N–H and O–H groups in total. The van der Waals surface area contributed by atoms with Crippen molar-refractivity contribution in [1.29, 1.82) is 0 Å². The van der Waals surface area contributed by atoms with E-state index in [0.717, 1.165) is 5.00 Å². The van der Waals surface area contributed by atoms with Crippen LogP contribution in [0.15, 0.2) is 12.1 Å². The third-order valence-electron chi connectivity index (χ3n) is 1.17. The van der Waals surface area contributed by atoms with Crippen LogP contribution < -0.4 is 5.32 Å². The van der Waals surface area contributed by atoms with E-state index in [4.69, 9.17) is 11.6 Å². The van der Waals surface area contributed by atoms with Gasteiger partial charge in [0.25, 0.3) is 0 Å². The molecule has 0 radical (unpaired) electrons. The zero-order valence-electron chi connectivity index (χ0n) is 6.21. The van der Waals surface area contributed by atoms with Crippen molar-refractivity contribution < 1.29 is 4.79 Å². The normalized spacial score (nSPS) is 9.83. The maximum atomic E-state index is 11.0. The first-order chi connectivity index (χ1) is 5.72. The number of anilines is 1. The summed E-state index contributed by atoms with van der Waals surface area (Å²) in [5, 5.41) is 3.49. The molecule has 0 atom stereocenters. The summed E-state index contributed by atoms with van der Waals surface area (Å²) in [6.45, 7) is 0. The Kier molecular flexibility index (Phi) is 3.91. The topological polar surface area (TPSA) is 29.1 Å². The van der Waals surface area contributed by atoms with Crippen LogP contribution in [0.2, 0.25) is 4.34 Å². The molecule has 1 heterocycles. The van der Waals surface area contributed by atoms with E-state index >= 15 is 0 Å². The first kappa shape index (κ1) is 9.89. The van der Waals surface area contributed by atoms with E-state index in [9.17, 15) is 4.79 Å². The van der Waals surface area contributed by atoms with Gasteiger partial charge in [0.2, 0.25) is 5.91 Å². The van der Waals surface area contributed by atoms with E-state index in [2.05, 4.69) is 17.9 Å². The molecule has 66 valence electrons. The van der Waals surface area contributed by atoms with Crippen LogP contribution in [0.1, 0.15) is 6.42 Å². The molecule has 0 spiro atoms. The van der Waals surface area contributed by atoms with Crippen molar-refractivity contribution in [1.82, 2.24) is 0 Å². The Balaban J connectivity index is 2.46. The van der Waals surface area contributed by atoms with Crippen LogP contribution in [0.25, 0.3) is 0 Å². The van der Waals surface area contributed by atoms with Gasteiger partial charge in [-0.1, -0.05) is 11.6 Å². The van der Waals surface area contributed by atoms with Crippen molar-refractivity contribution in [3.8, 4) is 0 Å².